The molecule has 0 saturated carbocycles. The molecule has 0 radical (unpaired) electrons. The van der Waals surface area contributed by atoms with E-state index in [0.29, 0.717) is 6.42 Å². The minimum Gasteiger partial charge on any atom is -0.391 e. The summed E-state index contributed by atoms with van der Waals surface area (Å²) >= 11 is 1.60. The number of hydrogen-bond donors (Lipinski definition) is 2. The standard InChI is InChI=1S/C8H13NOS/c1-2-7(10)8(9)6-3-4-11-5-6/h3-5,7-8,10H,2,9H2,1H3. The van der Waals surface area contributed by atoms with E-state index in [9.17, 15) is 5.11 Å². The van der Waals surface area contributed by atoms with E-state index < -0.39 is 6.10 Å². The van der Waals surface area contributed by atoms with Crippen molar-refractivity contribution in [3.63, 3.8) is 0 Å². The van der Waals surface area contributed by atoms with E-state index >= 15 is 0 Å². The maximum absolute atomic E-state index is 9.38. The van der Waals surface area contributed by atoms with E-state index in [1.54, 1.807) is 11.3 Å². The third-order valence-electron chi connectivity index (χ3n) is 1.76. The van der Waals surface area contributed by atoms with Crippen LogP contribution in [0.25, 0.3) is 0 Å². The monoisotopic (exact) mass is 171 g/mol. The van der Waals surface area contributed by atoms with Crippen LogP contribution in [0, 0.1) is 0 Å². The van der Waals surface area contributed by atoms with Crippen molar-refractivity contribution < 1.29 is 5.11 Å². The summed E-state index contributed by atoms with van der Waals surface area (Å²) in [6.45, 7) is 1.93. The molecule has 2 atom stereocenters. The molecule has 0 spiro atoms. The Bertz CT molecular complexity index is 198. The Morgan fingerprint density at radius 2 is 2.45 bits per heavy atom. The summed E-state index contributed by atoms with van der Waals surface area (Å²) < 4.78 is 0. The van der Waals surface area contributed by atoms with Crippen molar-refractivity contribution in [2.24, 2.45) is 5.73 Å². The molecule has 0 amide bonds. The van der Waals surface area contributed by atoms with Crippen LogP contribution in [0.15, 0.2) is 16.8 Å². The van der Waals surface area contributed by atoms with Gasteiger partial charge in [0.25, 0.3) is 0 Å². The fourth-order valence-corrected chi connectivity index (χ4v) is 1.65. The fraction of sp³-hybridized carbons (Fsp3) is 0.500. The van der Waals surface area contributed by atoms with E-state index in [4.69, 9.17) is 5.73 Å². The number of thiophene rings is 1. The van der Waals surface area contributed by atoms with Gasteiger partial charge in [-0.15, -0.1) is 0 Å². The summed E-state index contributed by atoms with van der Waals surface area (Å²) in [5.41, 5.74) is 6.78. The molecule has 1 aromatic rings. The molecule has 62 valence electrons. The van der Waals surface area contributed by atoms with Crippen LogP contribution in [0.1, 0.15) is 24.9 Å². The summed E-state index contributed by atoms with van der Waals surface area (Å²) in [5, 5.41) is 13.3. The van der Waals surface area contributed by atoms with Gasteiger partial charge in [0.2, 0.25) is 0 Å². The maximum atomic E-state index is 9.38. The van der Waals surface area contributed by atoms with Crippen LogP contribution in [-0.2, 0) is 0 Å². The third-order valence-corrected chi connectivity index (χ3v) is 2.46. The number of aliphatic hydroxyl groups excluding tert-OH is 1. The summed E-state index contributed by atoms with van der Waals surface area (Å²) in [5.74, 6) is 0. The lowest BCUT2D eigenvalue weighted by molar-refractivity contribution is 0.141. The summed E-state index contributed by atoms with van der Waals surface area (Å²) in [6, 6.07) is 1.74. The predicted octanol–water partition coefficient (Wildman–Crippen LogP) is 1.52. The normalized spacial score (nSPS) is 16.3. The second kappa shape index (κ2) is 3.85. The van der Waals surface area contributed by atoms with Crippen LogP contribution >= 0.6 is 11.3 Å². The lowest BCUT2D eigenvalue weighted by Crippen LogP contribution is -2.24. The zero-order valence-corrected chi connectivity index (χ0v) is 7.34. The molecular formula is C8H13NOS. The number of hydrogen-bond acceptors (Lipinski definition) is 3. The number of rotatable bonds is 3. The van der Waals surface area contributed by atoms with Crippen molar-refractivity contribution in [1.29, 1.82) is 0 Å². The van der Waals surface area contributed by atoms with Gasteiger partial charge in [0.05, 0.1) is 12.1 Å². The fourth-order valence-electron chi connectivity index (χ4n) is 0.941. The van der Waals surface area contributed by atoms with Crippen LogP contribution in [0.4, 0.5) is 0 Å². The minimum absolute atomic E-state index is 0.216. The number of aliphatic hydroxyl groups is 1. The maximum Gasteiger partial charge on any atom is 0.0730 e. The molecule has 0 aliphatic heterocycles. The minimum atomic E-state index is -0.412. The van der Waals surface area contributed by atoms with Gasteiger partial charge in [0.1, 0.15) is 0 Å². The van der Waals surface area contributed by atoms with E-state index in [1.807, 2.05) is 23.8 Å². The SMILES string of the molecule is CCC(O)C(N)c1ccsc1. The Morgan fingerprint density at radius 1 is 1.73 bits per heavy atom. The molecule has 11 heavy (non-hydrogen) atoms. The molecule has 0 bridgehead atoms. The van der Waals surface area contributed by atoms with Crippen molar-refractivity contribution in [3.8, 4) is 0 Å². The predicted molar refractivity (Wildman–Crippen MR) is 47.5 cm³/mol. The molecule has 1 aromatic heterocycles. The highest BCUT2D eigenvalue weighted by Crippen LogP contribution is 2.18. The lowest BCUT2D eigenvalue weighted by atomic mass is 10.0. The second-order valence-electron chi connectivity index (χ2n) is 2.56. The van der Waals surface area contributed by atoms with Gasteiger partial charge in [-0.3, -0.25) is 0 Å². The first-order valence-electron chi connectivity index (χ1n) is 3.71. The molecule has 0 fully saturated rings. The molecule has 1 heterocycles. The van der Waals surface area contributed by atoms with Gasteiger partial charge in [-0.05, 0) is 28.8 Å². The smallest absolute Gasteiger partial charge is 0.0730 e. The van der Waals surface area contributed by atoms with E-state index in [1.165, 1.54) is 0 Å². The molecule has 2 unspecified atom stereocenters. The zero-order valence-electron chi connectivity index (χ0n) is 6.53. The molecule has 3 heteroatoms. The molecule has 0 aliphatic rings. The van der Waals surface area contributed by atoms with Crippen LogP contribution in [-0.4, -0.2) is 11.2 Å². The molecule has 2 nitrogen and oxygen atoms in total. The Kier molecular flexibility index (Phi) is 3.05. The van der Waals surface area contributed by atoms with Crippen molar-refractivity contribution in [2.75, 3.05) is 0 Å². The van der Waals surface area contributed by atoms with Gasteiger partial charge in [0.15, 0.2) is 0 Å². The zero-order chi connectivity index (χ0) is 8.27. The number of nitrogens with two attached hydrogens (primary N) is 1. The first-order valence-corrected chi connectivity index (χ1v) is 4.65. The van der Waals surface area contributed by atoms with Crippen molar-refractivity contribution in [2.45, 2.75) is 25.5 Å². The lowest BCUT2D eigenvalue weighted by Gasteiger charge is -2.15. The Balaban J connectivity index is 2.62. The summed E-state index contributed by atoms with van der Waals surface area (Å²) in [7, 11) is 0. The van der Waals surface area contributed by atoms with Crippen molar-refractivity contribution in [1.82, 2.24) is 0 Å². The summed E-state index contributed by atoms with van der Waals surface area (Å²) in [6.07, 6.45) is 0.293. The van der Waals surface area contributed by atoms with Crippen LogP contribution < -0.4 is 5.73 Å². The van der Waals surface area contributed by atoms with Gasteiger partial charge >= 0.3 is 0 Å². The van der Waals surface area contributed by atoms with E-state index in [0.717, 1.165) is 5.56 Å². The highest BCUT2D eigenvalue weighted by atomic mass is 32.1. The quantitative estimate of drug-likeness (QED) is 0.724. The van der Waals surface area contributed by atoms with Crippen LogP contribution in [0.2, 0.25) is 0 Å². The molecule has 0 saturated heterocycles. The molecule has 0 aromatic carbocycles. The molecule has 3 N–H and O–H groups in total. The van der Waals surface area contributed by atoms with Crippen LogP contribution in [0.5, 0.6) is 0 Å². The van der Waals surface area contributed by atoms with E-state index in [-0.39, 0.29) is 6.04 Å². The average Bonchev–Trinajstić information content (AvgIpc) is 2.53. The first kappa shape index (κ1) is 8.71. The highest BCUT2D eigenvalue weighted by molar-refractivity contribution is 7.07. The topological polar surface area (TPSA) is 46.2 Å². The third kappa shape index (κ3) is 2.02. The Morgan fingerprint density at radius 3 is 2.91 bits per heavy atom. The van der Waals surface area contributed by atoms with Crippen LogP contribution in [0.3, 0.4) is 0 Å². The van der Waals surface area contributed by atoms with Crippen molar-refractivity contribution in [3.05, 3.63) is 22.4 Å². The van der Waals surface area contributed by atoms with Gasteiger partial charge in [-0.2, -0.15) is 11.3 Å². The van der Waals surface area contributed by atoms with Crippen molar-refractivity contribution >= 4 is 11.3 Å². The van der Waals surface area contributed by atoms with Gasteiger partial charge in [0, 0.05) is 0 Å². The Labute approximate surface area is 70.7 Å². The van der Waals surface area contributed by atoms with Gasteiger partial charge in [-0.25, -0.2) is 0 Å². The second-order valence-corrected chi connectivity index (χ2v) is 3.34. The van der Waals surface area contributed by atoms with Gasteiger partial charge in [-0.1, -0.05) is 6.92 Å². The molecule has 0 aliphatic carbocycles. The average molecular weight is 171 g/mol. The highest BCUT2D eigenvalue weighted by Gasteiger charge is 2.14. The first-order chi connectivity index (χ1) is 5.25. The molecular weight excluding hydrogens is 158 g/mol. The molecule has 1 rings (SSSR count). The summed E-state index contributed by atoms with van der Waals surface area (Å²) in [4.78, 5) is 0. The van der Waals surface area contributed by atoms with Gasteiger partial charge < -0.3 is 10.8 Å². The Hall–Kier alpha value is -0.380. The van der Waals surface area contributed by atoms with E-state index in [2.05, 4.69) is 0 Å². The largest absolute Gasteiger partial charge is 0.391 e.